The number of carbonyl (C=O) groups is 1. The zero-order valence-electron chi connectivity index (χ0n) is 14.4. The van der Waals surface area contributed by atoms with Gasteiger partial charge in [-0.3, -0.25) is 9.89 Å². The minimum atomic E-state index is -0.297. The Bertz CT molecular complexity index is 869. The summed E-state index contributed by atoms with van der Waals surface area (Å²) in [5, 5.41) is 7.57. The van der Waals surface area contributed by atoms with E-state index < -0.39 is 0 Å². The number of H-pyrrole nitrogens is 1. The topological polar surface area (TPSA) is 61.9 Å². The normalized spacial score (nSPS) is 10.7. The molecule has 0 unspecified atom stereocenters. The molecule has 0 radical (unpaired) electrons. The first-order valence-electron chi connectivity index (χ1n) is 8.28. The number of hydrogen-bond acceptors (Lipinski definition) is 4. The maximum Gasteiger partial charge on any atom is 0.233 e. The molecule has 1 N–H and O–H groups in total. The van der Waals surface area contributed by atoms with E-state index in [9.17, 15) is 9.18 Å². The summed E-state index contributed by atoms with van der Waals surface area (Å²) in [6, 6.07) is 16.0. The molecule has 26 heavy (non-hydrogen) atoms. The summed E-state index contributed by atoms with van der Waals surface area (Å²) < 4.78 is 13.3. The molecule has 0 saturated heterocycles. The maximum absolute atomic E-state index is 13.3. The van der Waals surface area contributed by atoms with E-state index in [-0.39, 0.29) is 17.5 Å². The summed E-state index contributed by atoms with van der Waals surface area (Å²) in [6.45, 7) is 2.85. The number of amides is 1. The Kier molecular flexibility index (Phi) is 6.01. The lowest BCUT2D eigenvalue weighted by molar-refractivity contribution is -0.128. The van der Waals surface area contributed by atoms with Crippen molar-refractivity contribution in [1.82, 2.24) is 20.1 Å². The van der Waals surface area contributed by atoms with E-state index in [0.717, 1.165) is 11.1 Å². The lowest BCUT2D eigenvalue weighted by atomic mass is 10.2. The van der Waals surface area contributed by atoms with Crippen LogP contribution in [0.2, 0.25) is 0 Å². The molecule has 0 atom stereocenters. The molecule has 0 saturated carbocycles. The average Bonchev–Trinajstić information content (AvgIpc) is 3.14. The molecule has 0 fully saturated rings. The van der Waals surface area contributed by atoms with Crippen LogP contribution >= 0.6 is 11.8 Å². The van der Waals surface area contributed by atoms with Gasteiger partial charge < -0.3 is 4.90 Å². The van der Waals surface area contributed by atoms with Crippen molar-refractivity contribution in [2.45, 2.75) is 18.6 Å². The van der Waals surface area contributed by atoms with Crippen molar-refractivity contribution in [3.05, 3.63) is 66.0 Å². The highest BCUT2D eigenvalue weighted by Gasteiger charge is 2.15. The molecule has 0 aliphatic rings. The molecule has 5 nitrogen and oxygen atoms in total. The standard InChI is InChI=1S/C19H19FN4OS/c1-2-24(12-14-7-6-10-16(20)11-14)17(25)13-26-19-21-18(22-23-19)15-8-4-3-5-9-15/h3-11H,2,12-13H2,1H3,(H,21,22,23). The molecule has 0 aliphatic heterocycles. The first-order chi connectivity index (χ1) is 12.7. The third kappa shape index (κ3) is 4.70. The number of thioether (sulfide) groups is 1. The summed E-state index contributed by atoms with van der Waals surface area (Å²) in [4.78, 5) is 18.6. The molecule has 1 heterocycles. The second-order valence-corrected chi connectivity index (χ2v) is 6.60. The Balaban J connectivity index is 1.58. The van der Waals surface area contributed by atoms with E-state index in [1.54, 1.807) is 11.0 Å². The number of nitrogens with zero attached hydrogens (tertiary/aromatic N) is 3. The van der Waals surface area contributed by atoms with Crippen molar-refractivity contribution in [2.24, 2.45) is 0 Å². The van der Waals surface area contributed by atoms with Gasteiger partial charge in [-0.05, 0) is 24.6 Å². The average molecular weight is 370 g/mol. The second kappa shape index (κ2) is 8.62. The van der Waals surface area contributed by atoms with E-state index in [1.165, 1.54) is 23.9 Å². The molecular formula is C19H19FN4OS. The first kappa shape index (κ1) is 18.1. The molecule has 0 bridgehead atoms. The number of benzene rings is 2. The molecule has 0 spiro atoms. The minimum Gasteiger partial charge on any atom is -0.338 e. The van der Waals surface area contributed by atoms with Gasteiger partial charge in [-0.25, -0.2) is 9.37 Å². The van der Waals surface area contributed by atoms with Crippen LogP contribution in [0.4, 0.5) is 4.39 Å². The van der Waals surface area contributed by atoms with Crippen molar-refractivity contribution >= 4 is 17.7 Å². The zero-order valence-corrected chi connectivity index (χ0v) is 15.2. The summed E-state index contributed by atoms with van der Waals surface area (Å²) in [5.41, 5.74) is 1.72. The van der Waals surface area contributed by atoms with Crippen LogP contribution in [0.1, 0.15) is 12.5 Å². The van der Waals surface area contributed by atoms with Gasteiger partial charge >= 0.3 is 0 Å². The summed E-state index contributed by atoms with van der Waals surface area (Å²) in [5.74, 6) is 0.574. The number of carbonyl (C=O) groups excluding carboxylic acids is 1. The van der Waals surface area contributed by atoms with Gasteiger partial charge in [-0.15, -0.1) is 5.10 Å². The summed E-state index contributed by atoms with van der Waals surface area (Å²) in [7, 11) is 0. The number of aromatic amines is 1. The van der Waals surface area contributed by atoms with Crippen molar-refractivity contribution in [3.63, 3.8) is 0 Å². The predicted octanol–water partition coefficient (Wildman–Crippen LogP) is 3.75. The Hall–Kier alpha value is -2.67. The molecule has 1 amide bonds. The van der Waals surface area contributed by atoms with Crippen molar-refractivity contribution in [1.29, 1.82) is 0 Å². The molecule has 7 heteroatoms. The van der Waals surface area contributed by atoms with Crippen molar-refractivity contribution in [2.75, 3.05) is 12.3 Å². The van der Waals surface area contributed by atoms with Gasteiger partial charge in [0.25, 0.3) is 0 Å². The predicted molar refractivity (Wildman–Crippen MR) is 100 cm³/mol. The van der Waals surface area contributed by atoms with E-state index in [4.69, 9.17) is 0 Å². The number of hydrogen-bond donors (Lipinski definition) is 1. The van der Waals surface area contributed by atoms with E-state index >= 15 is 0 Å². The van der Waals surface area contributed by atoms with Crippen LogP contribution in [-0.4, -0.2) is 38.3 Å². The van der Waals surface area contributed by atoms with Crippen LogP contribution in [0.5, 0.6) is 0 Å². The third-order valence-electron chi connectivity index (χ3n) is 3.83. The van der Waals surface area contributed by atoms with E-state index in [2.05, 4.69) is 15.2 Å². The SMILES string of the molecule is CCN(Cc1cccc(F)c1)C(=O)CSc1n[nH]c(-c2ccccc2)n1. The Labute approximate surface area is 155 Å². The molecular weight excluding hydrogens is 351 g/mol. The monoisotopic (exact) mass is 370 g/mol. The minimum absolute atomic E-state index is 0.0344. The van der Waals surface area contributed by atoms with Gasteiger partial charge in [0.05, 0.1) is 5.75 Å². The molecule has 2 aromatic carbocycles. The van der Waals surface area contributed by atoms with Gasteiger partial charge in [0.15, 0.2) is 5.82 Å². The van der Waals surface area contributed by atoms with E-state index in [0.29, 0.717) is 24.1 Å². The number of nitrogens with one attached hydrogen (secondary N) is 1. The van der Waals surface area contributed by atoms with Crippen LogP contribution < -0.4 is 0 Å². The Morgan fingerprint density at radius 3 is 2.73 bits per heavy atom. The number of rotatable bonds is 7. The Morgan fingerprint density at radius 1 is 1.19 bits per heavy atom. The third-order valence-corrected chi connectivity index (χ3v) is 4.67. The molecule has 134 valence electrons. The molecule has 3 aromatic rings. The fourth-order valence-corrected chi connectivity index (χ4v) is 3.19. The molecule has 3 rings (SSSR count). The number of halogens is 1. The van der Waals surface area contributed by atoms with Gasteiger partial charge in [0, 0.05) is 18.7 Å². The van der Waals surface area contributed by atoms with Crippen LogP contribution in [0.25, 0.3) is 11.4 Å². The van der Waals surface area contributed by atoms with Crippen LogP contribution in [0.3, 0.4) is 0 Å². The Morgan fingerprint density at radius 2 is 2.00 bits per heavy atom. The fourth-order valence-electron chi connectivity index (χ4n) is 2.49. The highest BCUT2D eigenvalue weighted by atomic mass is 32.2. The van der Waals surface area contributed by atoms with Crippen LogP contribution in [-0.2, 0) is 11.3 Å². The smallest absolute Gasteiger partial charge is 0.233 e. The summed E-state index contributed by atoms with van der Waals surface area (Å²) in [6.07, 6.45) is 0. The molecule has 1 aromatic heterocycles. The zero-order chi connectivity index (χ0) is 18.4. The fraction of sp³-hybridized carbons (Fsp3) is 0.211. The van der Waals surface area contributed by atoms with E-state index in [1.807, 2.05) is 43.3 Å². The largest absolute Gasteiger partial charge is 0.338 e. The first-order valence-corrected chi connectivity index (χ1v) is 9.27. The second-order valence-electron chi connectivity index (χ2n) is 5.66. The van der Waals surface area contributed by atoms with Crippen molar-refractivity contribution < 1.29 is 9.18 Å². The van der Waals surface area contributed by atoms with Crippen molar-refractivity contribution in [3.8, 4) is 11.4 Å². The highest BCUT2D eigenvalue weighted by Crippen LogP contribution is 2.19. The summed E-state index contributed by atoms with van der Waals surface area (Å²) >= 11 is 1.28. The lowest BCUT2D eigenvalue weighted by Gasteiger charge is -2.20. The highest BCUT2D eigenvalue weighted by molar-refractivity contribution is 7.99. The van der Waals surface area contributed by atoms with Crippen LogP contribution in [0.15, 0.2) is 59.8 Å². The van der Waals surface area contributed by atoms with Gasteiger partial charge in [0.2, 0.25) is 11.1 Å². The number of aromatic nitrogens is 3. The lowest BCUT2D eigenvalue weighted by Crippen LogP contribution is -2.31. The van der Waals surface area contributed by atoms with Gasteiger partial charge in [-0.2, -0.15) is 0 Å². The van der Waals surface area contributed by atoms with Crippen LogP contribution in [0, 0.1) is 5.82 Å². The maximum atomic E-state index is 13.3. The van der Waals surface area contributed by atoms with Gasteiger partial charge in [-0.1, -0.05) is 54.2 Å². The molecule has 0 aliphatic carbocycles. The van der Waals surface area contributed by atoms with Gasteiger partial charge in [0.1, 0.15) is 5.82 Å². The quantitative estimate of drug-likeness (QED) is 0.644.